The maximum atomic E-state index is 12.5. The molecule has 1 amide bonds. The Morgan fingerprint density at radius 1 is 1.52 bits per heavy atom. The highest BCUT2D eigenvalue weighted by Crippen LogP contribution is 2.28. The normalized spacial score (nSPS) is 14.2. The van der Waals surface area contributed by atoms with Gasteiger partial charge in [0.15, 0.2) is 5.65 Å². The van der Waals surface area contributed by atoms with Crippen molar-refractivity contribution in [2.75, 3.05) is 13.6 Å². The van der Waals surface area contributed by atoms with Crippen LogP contribution in [0.5, 0.6) is 0 Å². The summed E-state index contributed by atoms with van der Waals surface area (Å²) < 4.78 is 2.67. The Bertz CT molecular complexity index is 670. The van der Waals surface area contributed by atoms with Gasteiger partial charge >= 0.3 is 0 Å². The van der Waals surface area contributed by atoms with Crippen LogP contribution in [0.15, 0.2) is 16.7 Å². The van der Waals surface area contributed by atoms with E-state index >= 15 is 0 Å². The van der Waals surface area contributed by atoms with Crippen LogP contribution in [0.25, 0.3) is 11.2 Å². The molecular weight excluding hydrogens is 356 g/mol. The van der Waals surface area contributed by atoms with Crippen LogP contribution >= 0.6 is 27.5 Å². The number of imidazole rings is 1. The predicted molar refractivity (Wildman–Crippen MR) is 87.5 cm³/mol. The molecule has 2 heterocycles. The van der Waals surface area contributed by atoms with Crippen LogP contribution < -0.4 is 0 Å². The number of pyridine rings is 1. The van der Waals surface area contributed by atoms with Gasteiger partial charge < -0.3 is 4.90 Å². The first-order valence-corrected chi connectivity index (χ1v) is 8.02. The lowest BCUT2D eigenvalue weighted by Gasteiger charge is -2.22. The fraction of sp³-hybridized carbons (Fsp3) is 0.500. The molecule has 2 aromatic heterocycles. The topological polar surface area (TPSA) is 51.0 Å². The van der Waals surface area contributed by atoms with Gasteiger partial charge in [0.1, 0.15) is 17.4 Å². The summed E-state index contributed by atoms with van der Waals surface area (Å²) in [6.07, 6.45) is 1.70. The number of amides is 1. The third-order valence-electron chi connectivity index (χ3n) is 3.47. The first-order valence-electron chi connectivity index (χ1n) is 6.79. The minimum Gasteiger partial charge on any atom is -0.344 e. The van der Waals surface area contributed by atoms with Gasteiger partial charge in [-0.2, -0.15) is 0 Å². The van der Waals surface area contributed by atoms with E-state index < -0.39 is 6.04 Å². The van der Waals surface area contributed by atoms with Crippen molar-refractivity contribution >= 4 is 44.6 Å². The SMILES string of the molecule is CCN(C)C(=O)C(C)n1c(C(C)Cl)nc2cc(Br)cnc21. The van der Waals surface area contributed by atoms with E-state index in [1.165, 1.54) is 0 Å². The molecule has 0 saturated carbocycles. The monoisotopic (exact) mass is 372 g/mol. The number of aromatic nitrogens is 3. The summed E-state index contributed by atoms with van der Waals surface area (Å²) >= 11 is 9.62. The van der Waals surface area contributed by atoms with Gasteiger partial charge in [0, 0.05) is 24.3 Å². The van der Waals surface area contributed by atoms with Crippen LogP contribution in [0.3, 0.4) is 0 Å². The standard InChI is InChI=1S/C14H18BrClN4O/c1-5-19(4)14(21)9(3)20-12(8(2)16)18-11-6-10(15)7-17-13(11)20/h6-9H,5H2,1-4H3. The van der Waals surface area contributed by atoms with E-state index in [2.05, 4.69) is 25.9 Å². The predicted octanol–water partition coefficient (Wildman–Crippen LogP) is 3.53. The Kier molecular flexibility index (Phi) is 4.88. The van der Waals surface area contributed by atoms with Crippen LogP contribution in [0.1, 0.15) is 38.0 Å². The van der Waals surface area contributed by atoms with Crippen molar-refractivity contribution in [2.24, 2.45) is 0 Å². The van der Waals surface area contributed by atoms with E-state index in [0.717, 1.165) is 9.99 Å². The Morgan fingerprint density at radius 3 is 2.76 bits per heavy atom. The van der Waals surface area contributed by atoms with Gasteiger partial charge in [-0.1, -0.05) is 0 Å². The number of rotatable bonds is 4. The molecule has 0 radical (unpaired) electrons. The van der Waals surface area contributed by atoms with Crippen LogP contribution in [0.2, 0.25) is 0 Å². The van der Waals surface area contributed by atoms with Gasteiger partial charge in [0.05, 0.1) is 5.38 Å². The maximum Gasteiger partial charge on any atom is 0.245 e. The van der Waals surface area contributed by atoms with E-state index in [1.807, 2.05) is 31.4 Å². The number of likely N-dealkylation sites (N-methyl/N-ethyl adjacent to an activating group) is 1. The Hall–Kier alpha value is -1.14. The zero-order valence-electron chi connectivity index (χ0n) is 12.5. The summed E-state index contributed by atoms with van der Waals surface area (Å²) in [7, 11) is 1.78. The van der Waals surface area contributed by atoms with Crippen LogP contribution in [0.4, 0.5) is 0 Å². The molecule has 2 atom stereocenters. The number of hydrogen-bond acceptors (Lipinski definition) is 3. The summed E-state index contributed by atoms with van der Waals surface area (Å²) in [4.78, 5) is 23.1. The van der Waals surface area contributed by atoms with E-state index in [0.29, 0.717) is 18.0 Å². The first-order chi connectivity index (χ1) is 9.86. The van der Waals surface area contributed by atoms with Crippen molar-refractivity contribution in [2.45, 2.75) is 32.2 Å². The second kappa shape index (κ2) is 6.32. The van der Waals surface area contributed by atoms with Gasteiger partial charge in [-0.3, -0.25) is 9.36 Å². The fourth-order valence-corrected chi connectivity index (χ4v) is 2.70. The molecule has 0 aromatic carbocycles. The molecule has 0 N–H and O–H groups in total. The molecule has 0 fully saturated rings. The molecular formula is C14H18BrClN4O. The number of carbonyl (C=O) groups excluding carboxylic acids is 1. The summed E-state index contributed by atoms with van der Waals surface area (Å²) in [6, 6.07) is 1.48. The minimum absolute atomic E-state index is 0.0140. The van der Waals surface area contributed by atoms with Crippen molar-refractivity contribution in [1.29, 1.82) is 0 Å². The average Bonchev–Trinajstić information content (AvgIpc) is 2.83. The number of alkyl halides is 1. The summed E-state index contributed by atoms with van der Waals surface area (Å²) in [5.74, 6) is 0.669. The average molecular weight is 374 g/mol. The number of fused-ring (bicyclic) bond motifs is 1. The molecule has 0 bridgehead atoms. The molecule has 21 heavy (non-hydrogen) atoms. The molecule has 2 aromatic rings. The van der Waals surface area contributed by atoms with Crippen molar-refractivity contribution in [3.05, 3.63) is 22.6 Å². The van der Waals surface area contributed by atoms with E-state index in [-0.39, 0.29) is 11.3 Å². The number of halogens is 2. The highest BCUT2D eigenvalue weighted by atomic mass is 79.9. The molecule has 5 nitrogen and oxygen atoms in total. The van der Waals surface area contributed by atoms with Crippen molar-refractivity contribution in [1.82, 2.24) is 19.4 Å². The zero-order chi connectivity index (χ0) is 15.7. The van der Waals surface area contributed by atoms with Gasteiger partial charge in [-0.05, 0) is 42.8 Å². The van der Waals surface area contributed by atoms with E-state index in [9.17, 15) is 4.79 Å². The molecule has 0 spiro atoms. The highest BCUT2D eigenvalue weighted by molar-refractivity contribution is 9.10. The summed E-state index contributed by atoms with van der Waals surface area (Å²) in [5, 5.41) is -0.305. The smallest absolute Gasteiger partial charge is 0.245 e. The Labute approximate surface area is 137 Å². The molecule has 2 rings (SSSR count). The molecule has 0 aliphatic carbocycles. The molecule has 0 aliphatic rings. The number of nitrogens with zero attached hydrogens (tertiary/aromatic N) is 4. The van der Waals surface area contributed by atoms with Crippen LogP contribution in [0, 0.1) is 0 Å². The molecule has 2 unspecified atom stereocenters. The van der Waals surface area contributed by atoms with Crippen molar-refractivity contribution in [3.8, 4) is 0 Å². The third kappa shape index (κ3) is 3.06. The number of hydrogen-bond donors (Lipinski definition) is 0. The summed E-state index contributed by atoms with van der Waals surface area (Å²) in [5.41, 5.74) is 1.40. The largest absolute Gasteiger partial charge is 0.344 e. The molecule has 0 aliphatic heterocycles. The summed E-state index contributed by atoms with van der Waals surface area (Å²) in [6.45, 7) is 6.29. The van der Waals surface area contributed by atoms with Gasteiger partial charge in [-0.25, -0.2) is 9.97 Å². The first kappa shape index (κ1) is 16.2. The van der Waals surface area contributed by atoms with Crippen molar-refractivity contribution < 1.29 is 4.79 Å². The lowest BCUT2D eigenvalue weighted by Crippen LogP contribution is -2.33. The Balaban J connectivity index is 2.60. The van der Waals surface area contributed by atoms with Gasteiger partial charge in [-0.15, -0.1) is 11.6 Å². The lowest BCUT2D eigenvalue weighted by atomic mass is 10.2. The maximum absolute atomic E-state index is 12.5. The van der Waals surface area contributed by atoms with Crippen LogP contribution in [-0.2, 0) is 4.79 Å². The van der Waals surface area contributed by atoms with Gasteiger partial charge in [0.25, 0.3) is 0 Å². The lowest BCUT2D eigenvalue weighted by molar-refractivity contribution is -0.132. The zero-order valence-corrected chi connectivity index (χ0v) is 14.8. The fourth-order valence-electron chi connectivity index (χ4n) is 2.22. The third-order valence-corrected chi connectivity index (χ3v) is 4.10. The molecule has 0 saturated heterocycles. The quantitative estimate of drug-likeness (QED) is 0.770. The minimum atomic E-state index is -0.398. The molecule has 114 valence electrons. The Morgan fingerprint density at radius 2 is 2.19 bits per heavy atom. The van der Waals surface area contributed by atoms with Crippen molar-refractivity contribution in [3.63, 3.8) is 0 Å². The number of carbonyl (C=O) groups is 1. The van der Waals surface area contributed by atoms with Crippen LogP contribution in [-0.4, -0.2) is 38.9 Å². The van der Waals surface area contributed by atoms with E-state index in [1.54, 1.807) is 18.1 Å². The highest BCUT2D eigenvalue weighted by Gasteiger charge is 2.26. The van der Waals surface area contributed by atoms with E-state index in [4.69, 9.17) is 11.6 Å². The molecule has 7 heteroatoms. The second-order valence-corrected chi connectivity index (χ2v) is 6.55. The van der Waals surface area contributed by atoms with Gasteiger partial charge in [0.2, 0.25) is 5.91 Å². The second-order valence-electron chi connectivity index (χ2n) is 4.98.